The molecule has 0 heterocycles. The lowest BCUT2D eigenvalue weighted by atomic mass is 9.96. The predicted molar refractivity (Wildman–Crippen MR) is 80.0 cm³/mol. The summed E-state index contributed by atoms with van der Waals surface area (Å²) in [5.41, 5.74) is 0.910. The number of aromatic hydroxyl groups is 1. The number of likely N-dealkylation sites (N-methyl/N-ethyl adjacent to an activating group) is 1. The maximum absolute atomic E-state index is 13.3. The molecule has 116 valence electrons. The Morgan fingerprint density at radius 3 is 2.45 bits per heavy atom. The van der Waals surface area contributed by atoms with Gasteiger partial charge in [-0.3, -0.25) is 9.69 Å². The maximum Gasteiger partial charge on any atom is 0.180 e. The second-order valence-corrected chi connectivity index (χ2v) is 5.35. The Labute approximate surface area is 127 Å². The largest absolute Gasteiger partial charge is 0.508 e. The molecule has 1 N–H and O–H groups in total. The van der Waals surface area contributed by atoms with Crippen LogP contribution in [0.25, 0.3) is 0 Å². The van der Waals surface area contributed by atoms with Gasteiger partial charge in [0.25, 0.3) is 0 Å². The van der Waals surface area contributed by atoms with Crippen LogP contribution in [-0.2, 0) is 6.42 Å². The van der Waals surface area contributed by atoms with Gasteiger partial charge >= 0.3 is 0 Å². The Morgan fingerprint density at radius 1 is 1.14 bits per heavy atom. The fourth-order valence-electron chi connectivity index (χ4n) is 2.25. The molecule has 2 aromatic rings. The van der Waals surface area contributed by atoms with E-state index in [2.05, 4.69) is 0 Å². The van der Waals surface area contributed by atoms with Crippen molar-refractivity contribution >= 4 is 5.78 Å². The minimum Gasteiger partial charge on any atom is -0.508 e. The van der Waals surface area contributed by atoms with E-state index in [4.69, 9.17) is 0 Å². The van der Waals surface area contributed by atoms with Crippen molar-refractivity contribution in [1.82, 2.24) is 4.90 Å². The Bertz CT molecular complexity index is 686. The molecule has 22 heavy (non-hydrogen) atoms. The van der Waals surface area contributed by atoms with Crippen LogP contribution in [0.3, 0.4) is 0 Å². The number of phenolic OH excluding ortho intramolecular Hbond substituents is 1. The van der Waals surface area contributed by atoms with Gasteiger partial charge < -0.3 is 5.11 Å². The first kappa shape index (κ1) is 16.1. The lowest BCUT2D eigenvalue weighted by Crippen LogP contribution is -2.37. The van der Waals surface area contributed by atoms with Gasteiger partial charge in [0.1, 0.15) is 5.75 Å². The lowest BCUT2D eigenvalue weighted by Gasteiger charge is -2.23. The molecule has 0 amide bonds. The highest BCUT2D eigenvalue weighted by Gasteiger charge is 2.23. The van der Waals surface area contributed by atoms with Crippen LogP contribution in [-0.4, -0.2) is 35.9 Å². The SMILES string of the molecule is CN(C)C(Cc1ccc(F)c(F)c1)C(=O)c1cccc(O)c1. The van der Waals surface area contributed by atoms with Gasteiger partial charge in [0.15, 0.2) is 17.4 Å². The van der Waals surface area contributed by atoms with E-state index in [0.29, 0.717) is 11.1 Å². The van der Waals surface area contributed by atoms with Crippen LogP contribution in [0, 0.1) is 11.6 Å². The van der Waals surface area contributed by atoms with Crippen molar-refractivity contribution in [2.24, 2.45) is 0 Å². The number of benzene rings is 2. The Morgan fingerprint density at radius 2 is 1.86 bits per heavy atom. The summed E-state index contributed by atoms with van der Waals surface area (Å²) in [4.78, 5) is 14.3. The molecule has 0 aliphatic heterocycles. The minimum atomic E-state index is -0.931. The van der Waals surface area contributed by atoms with E-state index in [-0.39, 0.29) is 18.0 Å². The van der Waals surface area contributed by atoms with Crippen molar-refractivity contribution in [2.45, 2.75) is 12.5 Å². The molecule has 0 saturated carbocycles. The second-order valence-electron chi connectivity index (χ2n) is 5.35. The van der Waals surface area contributed by atoms with Crippen molar-refractivity contribution in [2.75, 3.05) is 14.1 Å². The number of nitrogens with zero attached hydrogens (tertiary/aromatic N) is 1. The molecule has 3 nitrogen and oxygen atoms in total. The van der Waals surface area contributed by atoms with Crippen molar-refractivity contribution in [3.05, 3.63) is 65.2 Å². The molecule has 2 rings (SSSR count). The van der Waals surface area contributed by atoms with E-state index in [0.717, 1.165) is 12.1 Å². The highest BCUT2D eigenvalue weighted by molar-refractivity contribution is 6.00. The van der Waals surface area contributed by atoms with Gasteiger partial charge in [-0.2, -0.15) is 0 Å². The summed E-state index contributed by atoms with van der Waals surface area (Å²) in [5.74, 6) is -2.02. The fraction of sp³-hybridized carbons (Fsp3) is 0.235. The highest BCUT2D eigenvalue weighted by atomic mass is 19.2. The second kappa shape index (κ2) is 6.66. The topological polar surface area (TPSA) is 40.5 Å². The number of Topliss-reactive ketones (excluding diaryl/α,β-unsaturated/α-hetero) is 1. The van der Waals surface area contributed by atoms with Crippen molar-refractivity contribution in [3.8, 4) is 5.75 Å². The van der Waals surface area contributed by atoms with Gasteiger partial charge in [-0.1, -0.05) is 18.2 Å². The molecule has 0 bridgehead atoms. The molecule has 0 spiro atoms. The van der Waals surface area contributed by atoms with Gasteiger partial charge in [-0.25, -0.2) is 8.78 Å². The van der Waals surface area contributed by atoms with Crippen LogP contribution in [0.15, 0.2) is 42.5 Å². The molecule has 5 heteroatoms. The van der Waals surface area contributed by atoms with Gasteiger partial charge in [0.2, 0.25) is 0 Å². The first-order valence-corrected chi connectivity index (χ1v) is 6.82. The summed E-state index contributed by atoms with van der Waals surface area (Å²) in [6.45, 7) is 0. The van der Waals surface area contributed by atoms with Gasteiger partial charge in [0, 0.05) is 5.56 Å². The van der Waals surface area contributed by atoms with Crippen molar-refractivity contribution < 1.29 is 18.7 Å². The molecule has 0 fully saturated rings. The third-order valence-electron chi connectivity index (χ3n) is 3.47. The first-order chi connectivity index (χ1) is 10.4. The number of hydrogen-bond donors (Lipinski definition) is 1. The number of hydrogen-bond acceptors (Lipinski definition) is 3. The van der Waals surface area contributed by atoms with E-state index in [1.165, 1.54) is 18.2 Å². The molecular formula is C17H17F2NO2. The van der Waals surface area contributed by atoms with Crippen molar-refractivity contribution in [1.29, 1.82) is 0 Å². The normalized spacial score (nSPS) is 12.4. The number of ketones is 1. The summed E-state index contributed by atoms with van der Waals surface area (Å²) < 4.78 is 26.3. The van der Waals surface area contributed by atoms with Crippen LogP contribution >= 0.6 is 0 Å². The van der Waals surface area contributed by atoms with E-state index < -0.39 is 17.7 Å². The number of carbonyl (C=O) groups is 1. The Kier molecular flexibility index (Phi) is 4.88. The summed E-state index contributed by atoms with van der Waals surface area (Å²) in [5, 5.41) is 9.48. The number of carbonyl (C=O) groups excluding carboxylic acids is 1. The van der Waals surface area contributed by atoms with E-state index in [9.17, 15) is 18.7 Å². The summed E-state index contributed by atoms with van der Waals surface area (Å²) in [7, 11) is 3.48. The molecule has 1 atom stereocenters. The summed E-state index contributed by atoms with van der Waals surface area (Å²) >= 11 is 0. The zero-order valence-electron chi connectivity index (χ0n) is 12.4. The average Bonchev–Trinajstić information content (AvgIpc) is 2.47. The number of rotatable bonds is 5. The molecule has 0 radical (unpaired) electrons. The van der Waals surface area contributed by atoms with E-state index in [1.54, 1.807) is 31.1 Å². The highest BCUT2D eigenvalue weighted by Crippen LogP contribution is 2.18. The summed E-state index contributed by atoms with van der Waals surface area (Å²) in [6.07, 6.45) is 0.249. The molecular weight excluding hydrogens is 288 g/mol. The zero-order valence-corrected chi connectivity index (χ0v) is 12.4. The Balaban J connectivity index is 2.26. The van der Waals surface area contributed by atoms with Gasteiger partial charge in [-0.05, 0) is 50.3 Å². The van der Waals surface area contributed by atoms with Crippen LogP contribution < -0.4 is 0 Å². The van der Waals surface area contributed by atoms with Crippen LogP contribution in [0.2, 0.25) is 0 Å². The quantitative estimate of drug-likeness (QED) is 0.863. The zero-order chi connectivity index (χ0) is 16.3. The molecule has 2 aromatic carbocycles. The smallest absolute Gasteiger partial charge is 0.180 e. The molecule has 0 aliphatic rings. The standard InChI is InChI=1S/C17H17F2NO2/c1-20(2)16(9-11-6-7-14(18)15(19)8-11)17(22)12-4-3-5-13(21)10-12/h3-8,10,16,21H,9H2,1-2H3. The monoisotopic (exact) mass is 305 g/mol. The lowest BCUT2D eigenvalue weighted by molar-refractivity contribution is 0.0874. The maximum atomic E-state index is 13.3. The molecule has 0 aromatic heterocycles. The Hall–Kier alpha value is -2.27. The number of halogens is 2. The number of phenols is 1. The molecule has 0 saturated heterocycles. The van der Waals surface area contributed by atoms with Gasteiger partial charge in [0.05, 0.1) is 6.04 Å². The van der Waals surface area contributed by atoms with E-state index in [1.807, 2.05) is 0 Å². The molecule has 1 unspecified atom stereocenters. The first-order valence-electron chi connectivity index (χ1n) is 6.82. The van der Waals surface area contributed by atoms with Crippen LogP contribution in [0.1, 0.15) is 15.9 Å². The fourth-order valence-corrected chi connectivity index (χ4v) is 2.25. The third kappa shape index (κ3) is 3.68. The predicted octanol–water partition coefficient (Wildman–Crippen LogP) is 3.03. The summed E-state index contributed by atoms with van der Waals surface area (Å²) in [6, 6.07) is 9.16. The average molecular weight is 305 g/mol. The third-order valence-corrected chi connectivity index (χ3v) is 3.47. The minimum absolute atomic E-state index is 0.0104. The van der Waals surface area contributed by atoms with Crippen LogP contribution in [0.4, 0.5) is 8.78 Å². The van der Waals surface area contributed by atoms with Crippen molar-refractivity contribution in [3.63, 3.8) is 0 Å². The van der Waals surface area contributed by atoms with E-state index >= 15 is 0 Å². The molecule has 0 aliphatic carbocycles. The van der Waals surface area contributed by atoms with Crippen LogP contribution in [0.5, 0.6) is 5.75 Å². The van der Waals surface area contributed by atoms with Gasteiger partial charge in [-0.15, -0.1) is 0 Å².